The lowest BCUT2D eigenvalue weighted by Gasteiger charge is -2.25. The largest absolute Gasteiger partial charge is 0.337 e. The Hall–Kier alpha value is -2.44. The van der Waals surface area contributed by atoms with Gasteiger partial charge >= 0.3 is 0 Å². The van der Waals surface area contributed by atoms with Crippen molar-refractivity contribution < 1.29 is 8.91 Å². The molecule has 27 heavy (non-hydrogen) atoms. The zero-order valence-corrected chi connectivity index (χ0v) is 15.5. The quantitative estimate of drug-likeness (QED) is 0.727. The van der Waals surface area contributed by atoms with Crippen molar-refractivity contribution >= 4 is 17.5 Å². The fraction of sp³-hybridized carbons (Fsp3) is 0.300. The van der Waals surface area contributed by atoms with Crippen molar-refractivity contribution in [2.75, 3.05) is 31.1 Å². The Labute approximate surface area is 162 Å². The van der Waals surface area contributed by atoms with E-state index in [1.807, 2.05) is 30.3 Å². The Balaban J connectivity index is 1.48. The molecule has 1 fully saturated rings. The molecule has 4 rings (SSSR count). The number of hydrogen-bond donors (Lipinski definition) is 1. The highest BCUT2D eigenvalue weighted by molar-refractivity contribution is 6.30. The zero-order valence-electron chi connectivity index (χ0n) is 14.8. The van der Waals surface area contributed by atoms with E-state index in [4.69, 9.17) is 16.1 Å². The molecule has 140 valence electrons. The smallest absolute Gasteiger partial charge is 0.266 e. The lowest BCUT2D eigenvalue weighted by Crippen LogP contribution is -2.44. The van der Waals surface area contributed by atoms with Crippen LogP contribution in [0.25, 0.3) is 0 Å². The Bertz CT molecular complexity index is 907. The van der Waals surface area contributed by atoms with Crippen LogP contribution in [-0.4, -0.2) is 36.3 Å². The standard InChI is InChI=1S/C20H20ClFN4O/c21-17-3-1-14(2-4-17)9-15-10-16(12-18(22)11-15)13-19-24-20(25-27-19)26-7-5-23-6-8-26/h1-4,10-12,23H,5-9,13H2. The fourth-order valence-corrected chi connectivity index (χ4v) is 3.37. The van der Waals surface area contributed by atoms with Crippen LogP contribution in [-0.2, 0) is 12.8 Å². The molecule has 1 N–H and O–H groups in total. The van der Waals surface area contributed by atoms with Gasteiger partial charge in [0, 0.05) is 31.2 Å². The number of nitrogens with one attached hydrogen (secondary N) is 1. The summed E-state index contributed by atoms with van der Waals surface area (Å²) >= 11 is 5.92. The number of anilines is 1. The first-order valence-electron chi connectivity index (χ1n) is 8.97. The van der Waals surface area contributed by atoms with Crippen molar-refractivity contribution in [2.24, 2.45) is 0 Å². The Morgan fingerprint density at radius 3 is 2.44 bits per heavy atom. The molecule has 0 atom stereocenters. The predicted octanol–water partition coefficient (Wildman–Crippen LogP) is 3.45. The van der Waals surface area contributed by atoms with Crippen LogP contribution in [0.15, 0.2) is 47.0 Å². The van der Waals surface area contributed by atoms with Gasteiger partial charge in [0.15, 0.2) is 0 Å². The summed E-state index contributed by atoms with van der Waals surface area (Å²) in [6.07, 6.45) is 1.04. The van der Waals surface area contributed by atoms with Gasteiger partial charge in [-0.2, -0.15) is 4.98 Å². The number of halogens is 2. The van der Waals surface area contributed by atoms with Crippen LogP contribution in [0.1, 0.15) is 22.6 Å². The van der Waals surface area contributed by atoms with Gasteiger partial charge < -0.3 is 14.7 Å². The van der Waals surface area contributed by atoms with Crippen molar-refractivity contribution in [3.63, 3.8) is 0 Å². The van der Waals surface area contributed by atoms with Crippen LogP contribution in [0, 0.1) is 5.82 Å². The summed E-state index contributed by atoms with van der Waals surface area (Å²) in [5.74, 6) is 0.828. The summed E-state index contributed by atoms with van der Waals surface area (Å²) in [7, 11) is 0. The molecule has 0 saturated carbocycles. The van der Waals surface area contributed by atoms with E-state index in [1.165, 1.54) is 6.07 Å². The lowest BCUT2D eigenvalue weighted by molar-refractivity contribution is 0.383. The van der Waals surface area contributed by atoms with Gasteiger partial charge in [0.25, 0.3) is 5.95 Å². The SMILES string of the molecule is Fc1cc(Cc2ccc(Cl)cc2)cc(Cc2nc(N3CCNCC3)no2)c1. The maximum Gasteiger partial charge on any atom is 0.266 e. The highest BCUT2D eigenvalue weighted by atomic mass is 35.5. The van der Waals surface area contributed by atoms with Gasteiger partial charge in [-0.25, -0.2) is 4.39 Å². The van der Waals surface area contributed by atoms with E-state index in [2.05, 4.69) is 20.4 Å². The third-order valence-corrected chi connectivity index (χ3v) is 4.80. The first-order chi connectivity index (χ1) is 13.2. The minimum absolute atomic E-state index is 0.265. The molecule has 0 bridgehead atoms. The van der Waals surface area contributed by atoms with Crippen molar-refractivity contribution in [2.45, 2.75) is 12.8 Å². The number of hydrogen-bond acceptors (Lipinski definition) is 5. The van der Waals surface area contributed by atoms with Crippen LogP contribution in [0.3, 0.4) is 0 Å². The van der Waals surface area contributed by atoms with E-state index in [0.717, 1.165) is 42.9 Å². The zero-order chi connectivity index (χ0) is 18.6. The molecule has 1 aliphatic rings. The minimum Gasteiger partial charge on any atom is -0.337 e. The van der Waals surface area contributed by atoms with Gasteiger partial charge in [-0.15, -0.1) is 0 Å². The third kappa shape index (κ3) is 4.64. The molecule has 2 aromatic carbocycles. The number of benzene rings is 2. The molecule has 0 unspecified atom stereocenters. The summed E-state index contributed by atoms with van der Waals surface area (Å²) in [4.78, 5) is 6.55. The van der Waals surface area contributed by atoms with Crippen molar-refractivity contribution in [3.8, 4) is 0 Å². The van der Waals surface area contributed by atoms with E-state index in [-0.39, 0.29) is 5.82 Å². The van der Waals surface area contributed by atoms with Gasteiger partial charge in [0.05, 0.1) is 6.42 Å². The monoisotopic (exact) mass is 386 g/mol. The highest BCUT2D eigenvalue weighted by Crippen LogP contribution is 2.19. The van der Waals surface area contributed by atoms with Gasteiger partial charge in [-0.05, 0) is 52.5 Å². The van der Waals surface area contributed by atoms with Gasteiger partial charge in [-0.3, -0.25) is 0 Å². The average Bonchev–Trinajstić information content (AvgIpc) is 3.12. The van der Waals surface area contributed by atoms with E-state index in [0.29, 0.717) is 29.7 Å². The topological polar surface area (TPSA) is 54.2 Å². The summed E-state index contributed by atoms with van der Waals surface area (Å²) in [5.41, 5.74) is 2.79. The maximum atomic E-state index is 14.1. The summed E-state index contributed by atoms with van der Waals surface area (Å²) in [5, 5.41) is 8.04. The summed E-state index contributed by atoms with van der Waals surface area (Å²) in [6.45, 7) is 3.51. The lowest BCUT2D eigenvalue weighted by atomic mass is 10.0. The fourth-order valence-electron chi connectivity index (χ4n) is 3.25. The Morgan fingerprint density at radius 2 is 1.70 bits per heavy atom. The first kappa shape index (κ1) is 17.9. The Morgan fingerprint density at radius 1 is 1.00 bits per heavy atom. The van der Waals surface area contributed by atoms with Gasteiger partial charge in [0.1, 0.15) is 5.82 Å². The van der Waals surface area contributed by atoms with Crippen LogP contribution in [0.5, 0.6) is 0 Å². The number of aromatic nitrogens is 2. The van der Waals surface area contributed by atoms with E-state index in [9.17, 15) is 4.39 Å². The number of rotatable bonds is 5. The molecule has 0 spiro atoms. The minimum atomic E-state index is -0.265. The van der Waals surface area contributed by atoms with E-state index in [1.54, 1.807) is 6.07 Å². The second kappa shape index (κ2) is 8.06. The maximum absolute atomic E-state index is 14.1. The van der Waals surface area contributed by atoms with Crippen LogP contribution < -0.4 is 10.2 Å². The molecule has 1 aromatic heterocycles. The molecule has 0 radical (unpaired) electrons. The highest BCUT2D eigenvalue weighted by Gasteiger charge is 2.17. The molecular weight excluding hydrogens is 367 g/mol. The number of nitrogens with zero attached hydrogens (tertiary/aromatic N) is 3. The third-order valence-electron chi connectivity index (χ3n) is 4.55. The summed E-state index contributed by atoms with van der Waals surface area (Å²) in [6, 6.07) is 12.6. The molecule has 0 amide bonds. The second-order valence-electron chi connectivity index (χ2n) is 6.67. The van der Waals surface area contributed by atoms with Crippen molar-refractivity contribution in [1.29, 1.82) is 0 Å². The summed E-state index contributed by atoms with van der Waals surface area (Å²) < 4.78 is 19.5. The molecule has 3 aromatic rings. The van der Waals surface area contributed by atoms with Crippen LogP contribution in [0.2, 0.25) is 5.02 Å². The molecule has 7 heteroatoms. The van der Waals surface area contributed by atoms with E-state index >= 15 is 0 Å². The molecule has 2 heterocycles. The molecule has 5 nitrogen and oxygen atoms in total. The van der Waals surface area contributed by atoms with Gasteiger partial charge in [0.2, 0.25) is 5.89 Å². The predicted molar refractivity (Wildman–Crippen MR) is 103 cm³/mol. The number of piperazine rings is 1. The van der Waals surface area contributed by atoms with Crippen LogP contribution >= 0.6 is 11.6 Å². The van der Waals surface area contributed by atoms with Crippen molar-refractivity contribution in [1.82, 2.24) is 15.5 Å². The molecule has 1 saturated heterocycles. The second-order valence-corrected chi connectivity index (χ2v) is 7.11. The Kier molecular flexibility index (Phi) is 5.36. The average molecular weight is 387 g/mol. The van der Waals surface area contributed by atoms with Crippen molar-refractivity contribution in [3.05, 3.63) is 75.9 Å². The molecule has 0 aliphatic carbocycles. The van der Waals surface area contributed by atoms with Gasteiger partial charge in [-0.1, -0.05) is 29.8 Å². The normalized spacial score (nSPS) is 14.5. The van der Waals surface area contributed by atoms with Crippen LogP contribution in [0.4, 0.5) is 10.3 Å². The molecule has 1 aliphatic heterocycles. The van der Waals surface area contributed by atoms with E-state index < -0.39 is 0 Å². The molecular formula is C20H20ClFN4O. The first-order valence-corrected chi connectivity index (χ1v) is 9.34.